The second-order valence-corrected chi connectivity index (χ2v) is 7.82. The molecule has 3 rings (SSSR count). The van der Waals surface area contributed by atoms with E-state index >= 15 is 0 Å². The van der Waals surface area contributed by atoms with Crippen LogP contribution in [0.15, 0.2) is 40.8 Å². The third kappa shape index (κ3) is 6.56. The van der Waals surface area contributed by atoms with Gasteiger partial charge in [0, 0.05) is 49.4 Å². The molecule has 0 spiro atoms. The SMILES string of the molecule is CCC(C)NC(=O)c1cccc(CN=C(N)N2CCN(c3nccs3)CC2)c1.I. The van der Waals surface area contributed by atoms with Gasteiger partial charge >= 0.3 is 0 Å². The van der Waals surface area contributed by atoms with Gasteiger partial charge < -0.3 is 20.9 Å². The summed E-state index contributed by atoms with van der Waals surface area (Å²) in [6.07, 6.45) is 2.74. The third-order valence-corrected chi connectivity index (χ3v) is 5.73. The Morgan fingerprint density at radius 1 is 1.34 bits per heavy atom. The molecule has 1 atom stereocenters. The first kappa shape index (κ1) is 23.4. The lowest BCUT2D eigenvalue weighted by Gasteiger charge is -2.35. The van der Waals surface area contributed by atoms with Gasteiger partial charge in [0.15, 0.2) is 11.1 Å². The molecule has 2 heterocycles. The van der Waals surface area contributed by atoms with Crippen molar-refractivity contribution in [2.45, 2.75) is 32.9 Å². The summed E-state index contributed by atoms with van der Waals surface area (Å²) in [5.74, 6) is 0.500. The largest absolute Gasteiger partial charge is 0.370 e. The summed E-state index contributed by atoms with van der Waals surface area (Å²) < 4.78 is 0. The first-order valence-electron chi connectivity index (χ1n) is 9.66. The molecule has 1 aliphatic heterocycles. The van der Waals surface area contributed by atoms with Gasteiger partial charge in [0.05, 0.1) is 6.54 Å². The average Bonchev–Trinajstić information content (AvgIpc) is 3.27. The molecular formula is C20H29IN6OS. The molecule has 0 radical (unpaired) electrons. The number of nitrogens with one attached hydrogen (secondary N) is 1. The normalized spacial score (nSPS) is 15.6. The van der Waals surface area contributed by atoms with Gasteiger partial charge in [-0.3, -0.25) is 4.79 Å². The number of piperazine rings is 1. The number of rotatable bonds is 6. The summed E-state index contributed by atoms with van der Waals surface area (Å²) >= 11 is 1.66. The first-order valence-corrected chi connectivity index (χ1v) is 10.5. The number of hydrogen-bond donors (Lipinski definition) is 2. The maximum absolute atomic E-state index is 12.3. The van der Waals surface area contributed by atoms with Crippen molar-refractivity contribution in [2.24, 2.45) is 10.7 Å². The number of carbonyl (C=O) groups is 1. The molecule has 9 heteroatoms. The van der Waals surface area contributed by atoms with Gasteiger partial charge in [-0.2, -0.15) is 0 Å². The van der Waals surface area contributed by atoms with E-state index in [4.69, 9.17) is 5.73 Å². The van der Waals surface area contributed by atoms with Crippen LogP contribution in [0.25, 0.3) is 0 Å². The average molecular weight is 528 g/mol. The summed E-state index contributed by atoms with van der Waals surface area (Å²) in [4.78, 5) is 25.6. The standard InChI is InChI=1S/C20H28N6OS.HI/c1-3-15(2)24-18(27)17-6-4-5-16(13-17)14-23-19(21)25-8-10-26(11-9-25)20-22-7-12-28-20;/h4-7,12-13,15H,3,8-11,14H2,1-2H3,(H2,21,23)(H,24,27);1H. The number of aromatic nitrogens is 1. The Kier molecular flexibility index (Phi) is 9.15. The molecule has 3 N–H and O–H groups in total. The van der Waals surface area contributed by atoms with Crippen molar-refractivity contribution in [2.75, 3.05) is 31.1 Å². The Labute approximate surface area is 193 Å². The minimum Gasteiger partial charge on any atom is -0.370 e. The summed E-state index contributed by atoms with van der Waals surface area (Å²) in [5, 5.41) is 6.04. The molecule has 0 bridgehead atoms. The lowest BCUT2D eigenvalue weighted by atomic mass is 10.1. The second kappa shape index (κ2) is 11.3. The highest BCUT2D eigenvalue weighted by Crippen LogP contribution is 2.18. The molecule has 1 aliphatic rings. The Morgan fingerprint density at radius 3 is 2.76 bits per heavy atom. The van der Waals surface area contributed by atoms with Crippen LogP contribution in [0.2, 0.25) is 0 Å². The number of nitrogens with two attached hydrogens (primary N) is 1. The topological polar surface area (TPSA) is 86.8 Å². The Bertz CT molecular complexity index is 805. The van der Waals surface area contributed by atoms with E-state index in [0.717, 1.165) is 43.3 Å². The number of nitrogens with zero attached hydrogens (tertiary/aromatic N) is 4. The van der Waals surface area contributed by atoms with E-state index in [9.17, 15) is 4.79 Å². The lowest BCUT2D eigenvalue weighted by Crippen LogP contribution is -2.51. The van der Waals surface area contributed by atoms with Crippen LogP contribution in [-0.4, -0.2) is 54.0 Å². The maximum atomic E-state index is 12.3. The number of benzene rings is 1. The van der Waals surface area contributed by atoms with Gasteiger partial charge in [-0.15, -0.1) is 35.3 Å². The molecule has 1 amide bonds. The molecule has 7 nitrogen and oxygen atoms in total. The van der Waals surface area contributed by atoms with Gasteiger partial charge in [-0.25, -0.2) is 9.98 Å². The number of halogens is 1. The van der Waals surface area contributed by atoms with E-state index < -0.39 is 0 Å². The smallest absolute Gasteiger partial charge is 0.251 e. The van der Waals surface area contributed by atoms with E-state index in [1.165, 1.54) is 0 Å². The molecule has 1 fully saturated rings. The van der Waals surface area contributed by atoms with E-state index in [0.29, 0.717) is 18.1 Å². The molecule has 2 aromatic rings. The highest BCUT2D eigenvalue weighted by atomic mass is 127. The minimum absolute atomic E-state index is 0. The van der Waals surface area contributed by atoms with Crippen LogP contribution in [-0.2, 0) is 6.54 Å². The quantitative estimate of drug-likeness (QED) is 0.342. The number of hydrogen-bond acceptors (Lipinski definition) is 5. The predicted molar refractivity (Wildman–Crippen MR) is 130 cm³/mol. The molecular weight excluding hydrogens is 499 g/mol. The predicted octanol–water partition coefficient (Wildman–Crippen LogP) is 2.93. The Hall–Kier alpha value is -1.88. The Morgan fingerprint density at radius 2 is 2.10 bits per heavy atom. The number of carbonyl (C=O) groups excluding carboxylic acids is 1. The minimum atomic E-state index is -0.0496. The molecule has 1 aromatic heterocycles. The van der Waals surface area contributed by atoms with E-state index in [2.05, 4.69) is 32.0 Å². The third-order valence-electron chi connectivity index (χ3n) is 4.90. The van der Waals surface area contributed by atoms with Crippen LogP contribution in [0.3, 0.4) is 0 Å². The van der Waals surface area contributed by atoms with Crippen molar-refractivity contribution < 1.29 is 4.79 Å². The van der Waals surface area contributed by atoms with Crippen LogP contribution >= 0.6 is 35.3 Å². The highest BCUT2D eigenvalue weighted by molar-refractivity contribution is 14.0. The van der Waals surface area contributed by atoms with Crippen molar-refractivity contribution in [1.29, 1.82) is 0 Å². The molecule has 1 saturated heterocycles. The molecule has 1 unspecified atom stereocenters. The monoisotopic (exact) mass is 528 g/mol. The summed E-state index contributed by atoms with van der Waals surface area (Å²) in [6, 6.07) is 7.73. The Balaban J connectivity index is 0.00000300. The molecule has 0 aliphatic carbocycles. The van der Waals surface area contributed by atoms with E-state index in [-0.39, 0.29) is 35.9 Å². The van der Waals surface area contributed by atoms with Gasteiger partial charge in [-0.1, -0.05) is 19.1 Å². The van der Waals surface area contributed by atoms with Crippen molar-refractivity contribution >= 4 is 52.3 Å². The molecule has 0 saturated carbocycles. The zero-order valence-corrected chi connectivity index (χ0v) is 20.0. The summed E-state index contributed by atoms with van der Waals surface area (Å²) in [5.41, 5.74) is 7.84. The summed E-state index contributed by atoms with van der Waals surface area (Å²) in [6.45, 7) is 7.93. The number of guanidine groups is 1. The fourth-order valence-electron chi connectivity index (χ4n) is 2.99. The van der Waals surface area contributed by atoms with Gasteiger partial charge in [0.1, 0.15) is 0 Å². The van der Waals surface area contributed by atoms with Crippen LogP contribution in [0.4, 0.5) is 5.13 Å². The van der Waals surface area contributed by atoms with Crippen molar-refractivity contribution in [3.8, 4) is 0 Å². The van der Waals surface area contributed by atoms with Gasteiger partial charge in [-0.05, 0) is 31.0 Å². The van der Waals surface area contributed by atoms with Crippen molar-refractivity contribution in [3.63, 3.8) is 0 Å². The summed E-state index contributed by atoms with van der Waals surface area (Å²) in [7, 11) is 0. The van der Waals surface area contributed by atoms with E-state index in [1.54, 1.807) is 11.3 Å². The van der Waals surface area contributed by atoms with E-state index in [1.807, 2.05) is 42.8 Å². The fraction of sp³-hybridized carbons (Fsp3) is 0.450. The van der Waals surface area contributed by atoms with Crippen LogP contribution < -0.4 is 16.0 Å². The number of aliphatic imine (C=N–C) groups is 1. The fourth-order valence-corrected chi connectivity index (χ4v) is 3.69. The van der Waals surface area contributed by atoms with Crippen LogP contribution in [0.1, 0.15) is 36.2 Å². The van der Waals surface area contributed by atoms with Crippen molar-refractivity contribution in [3.05, 3.63) is 47.0 Å². The van der Waals surface area contributed by atoms with Crippen molar-refractivity contribution in [1.82, 2.24) is 15.2 Å². The molecule has 29 heavy (non-hydrogen) atoms. The number of amides is 1. The zero-order chi connectivity index (χ0) is 19.9. The lowest BCUT2D eigenvalue weighted by molar-refractivity contribution is 0.0939. The van der Waals surface area contributed by atoms with Gasteiger partial charge in [0.2, 0.25) is 0 Å². The first-order chi connectivity index (χ1) is 13.6. The number of thiazole rings is 1. The number of anilines is 1. The van der Waals surface area contributed by atoms with Gasteiger partial charge in [0.25, 0.3) is 5.91 Å². The van der Waals surface area contributed by atoms with Crippen LogP contribution in [0.5, 0.6) is 0 Å². The maximum Gasteiger partial charge on any atom is 0.251 e. The molecule has 1 aromatic carbocycles. The molecule has 158 valence electrons. The van der Waals surface area contributed by atoms with Crippen LogP contribution in [0, 0.1) is 0 Å². The zero-order valence-electron chi connectivity index (χ0n) is 16.9. The highest BCUT2D eigenvalue weighted by Gasteiger charge is 2.19. The second-order valence-electron chi connectivity index (χ2n) is 6.95.